The Bertz CT molecular complexity index is 995. The van der Waals surface area contributed by atoms with Crippen molar-refractivity contribution in [3.05, 3.63) is 51.8 Å². The van der Waals surface area contributed by atoms with E-state index in [0.717, 1.165) is 35.8 Å². The van der Waals surface area contributed by atoms with Gasteiger partial charge in [0.2, 0.25) is 6.79 Å². The highest BCUT2D eigenvalue weighted by Crippen LogP contribution is 2.35. The number of hydrogen-bond acceptors (Lipinski definition) is 6. The van der Waals surface area contributed by atoms with Gasteiger partial charge in [0.15, 0.2) is 11.5 Å². The summed E-state index contributed by atoms with van der Waals surface area (Å²) in [6.07, 6.45) is 0.949. The second-order valence-electron chi connectivity index (χ2n) is 6.47. The van der Waals surface area contributed by atoms with Gasteiger partial charge in [-0.2, -0.15) is 5.10 Å². The summed E-state index contributed by atoms with van der Waals surface area (Å²) in [6.45, 7) is 5.37. The molecule has 1 aliphatic rings. The molecule has 4 rings (SSSR count). The van der Waals surface area contributed by atoms with Crippen LogP contribution in [0.1, 0.15) is 34.3 Å². The molecule has 7 nitrogen and oxygen atoms in total. The van der Waals surface area contributed by atoms with Gasteiger partial charge in [0, 0.05) is 24.2 Å². The number of carbonyl (C=O) groups excluding carboxylic acids is 1. The van der Waals surface area contributed by atoms with Gasteiger partial charge in [-0.25, -0.2) is 4.68 Å². The van der Waals surface area contributed by atoms with Gasteiger partial charge in [0.25, 0.3) is 5.91 Å². The second-order valence-corrected chi connectivity index (χ2v) is 7.38. The first-order chi connectivity index (χ1) is 13.6. The third-order valence-electron chi connectivity index (χ3n) is 4.21. The summed E-state index contributed by atoms with van der Waals surface area (Å²) < 4.78 is 18.3. The highest BCUT2D eigenvalue weighted by Gasteiger charge is 2.15. The molecule has 1 amide bonds. The summed E-state index contributed by atoms with van der Waals surface area (Å²) in [5.41, 5.74) is 1.82. The summed E-state index contributed by atoms with van der Waals surface area (Å²) in [5, 5.41) is 9.28. The average molecular weight is 399 g/mol. The number of rotatable bonds is 7. The first-order valence-electron chi connectivity index (χ1n) is 9.08. The largest absolute Gasteiger partial charge is 0.489 e. The first kappa shape index (κ1) is 18.4. The lowest BCUT2D eigenvalue weighted by molar-refractivity contribution is 0.102. The minimum absolute atomic E-state index is 0.142. The molecule has 0 saturated heterocycles. The standard InChI is InChI=1S/C20H21N3O4S/c1-3-6-23-19(7-13(2)22-23)21-20(24)18-8-14(11-28-18)10-25-15-4-5-16-17(9-15)27-12-26-16/h4-5,7-9,11H,3,6,10,12H2,1-2H3,(H,21,24). The first-order valence-corrected chi connectivity index (χ1v) is 9.96. The maximum Gasteiger partial charge on any atom is 0.266 e. The molecule has 2 aromatic heterocycles. The number of nitrogens with zero attached hydrogens (tertiary/aromatic N) is 2. The predicted octanol–water partition coefficient (Wildman–Crippen LogP) is 4.22. The molecule has 0 atom stereocenters. The van der Waals surface area contributed by atoms with Crippen LogP contribution < -0.4 is 19.5 Å². The number of anilines is 1. The maximum atomic E-state index is 12.6. The van der Waals surface area contributed by atoms with Gasteiger partial charge in [-0.1, -0.05) is 6.92 Å². The Morgan fingerprint density at radius 3 is 3.00 bits per heavy atom. The summed E-state index contributed by atoms with van der Waals surface area (Å²) in [4.78, 5) is 13.2. The number of amides is 1. The number of benzene rings is 1. The Balaban J connectivity index is 1.38. The van der Waals surface area contributed by atoms with Crippen LogP contribution in [0.4, 0.5) is 5.82 Å². The minimum atomic E-state index is -0.142. The van der Waals surface area contributed by atoms with Crippen molar-refractivity contribution >= 4 is 23.1 Å². The number of nitrogens with one attached hydrogen (secondary N) is 1. The Morgan fingerprint density at radius 1 is 1.29 bits per heavy atom. The quantitative estimate of drug-likeness (QED) is 0.644. The van der Waals surface area contributed by atoms with Crippen LogP contribution in [0, 0.1) is 6.92 Å². The van der Waals surface area contributed by atoms with E-state index in [1.54, 1.807) is 6.07 Å². The van der Waals surface area contributed by atoms with Gasteiger partial charge in [-0.15, -0.1) is 11.3 Å². The third-order valence-corrected chi connectivity index (χ3v) is 5.18. The molecule has 0 unspecified atom stereocenters. The van der Waals surface area contributed by atoms with Crippen molar-refractivity contribution in [3.63, 3.8) is 0 Å². The number of aromatic nitrogens is 2. The molecule has 0 fully saturated rings. The zero-order valence-corrected chi connectivity index (χ0v) is 16.5. The predicted molar refractivity (Wildman–Crippen MR) is 106 cm³/mol. The van der Waals surface area contributed by atoms with Crippen molar-refractivity contribution in [1.29, 1.82) is 0 Å². The van der Waals surface area contributed by atoms with Gasteiger partial charge >= 0.3 is 0 Å². The van der Waals surface area contributed by atoms with Crippen LogP contribution in [0.15, 0.2) is 35.7 Å². The number of fused-ring (bicyclic) bond motifs is 1. The molecule has 1 N–H and O–H groups in total. The average Bonchev–Trinajstić information content (AvgIpc) is 3.40. The third kappa shape index (κ3) is 3.96. The van der Waals surface area contributed by atoms with E-state index < -0.39 is 0 Å². The Hall–Kier alpha value is -3.00. The monoisotopic (exact) mass is 399 g/mol. The molecule has 0 spiro atoms. The molecular formula is C20H21N3O4S. The van der Waals surface area contributed by atoms with E-state index in [-0.39, 0.29) is 12.7 Å². The van der Waals surface area contributed by atoms with Crippen LogP contribution in [0.3, 0.4) is 0 Å². The Morgan fingerprint density at radius 2 is 2.14 bits per heavy atom. The molecule has 8 heteroatoms. The molecule has 0 saturated carbocycles. The zero-order valence-electron chi connectivity index (χ0n) is 15.7. The molecule has 146 valence electrons. The maximum absolute atomic E-state index is 12.6. The molecular weight excluding hydrogens is 378 g/mol. The Labute approximate surface area is 166 Å². The number of carbonyl (C=O) groups is 1. The Kier molecular flexibility index (Phi) is 5.21. The molecule has 28 heavy (non-hydrogen) atoms. The van der Waals surface area contributed by atoms with E-state index in [1.807, 2.05) is 41.3 Å². The van der Waals surface area contributed by atoms with Crippen molar-refractivity contribution in [2.75, 3.05) is 12.1 Å². The fourth-order valence-electron chi connectivity index (χ4n) is 2.91. The van der Waals surface area contributed by atoms with E-state index in [2.05, 4.69) is 17.3 Å². The SMILES string of the molecule is CCCn1nc(C)cc1NC(=O)c1cc(COc2ccc3c(c2)OCO3)cs1. The second kappa shape index (κ2) is 7.93. The fraction of sp³-hybridized carbons (Fsp3) is 0.300. The van der Waals surface area contributed by atoms with Crippen LogP contribution in [0.5, 0.6) is 17.2 Å². The summed E-state index contributed by atoms with van der Waals surface area (Å²) in [5.74, 6) is 2.68. The lowest BCUT2D eigenvalue weighted by atomic mass is 10.3. The van der Waals surface area contributed by atoms with Gasteiger partial charge in [-0.05, 0) is 36.9 Å². The van der Waals surface area contributed by atoms with Crippen molar-refractivity contribution in [2.45, 2.75) is 33.4 Å². The van der Waals surface area contributed by atoms with Gasteiger partial charge in [0.05, 0.1) is 10.6 Å². The van der Waals surface area contributed by atoms with Crippen molar-refractivity contribution in [1.82, 2.24) is 9.78 Å². The highest BCUT2D eigenvalue weighted by molar-refractivity contribution is 7.12. The topological polar surface area (TPSA) is 74.6 Å². The van der Waals surface area contributed by atoms with Crippen LogP contribution >= 0.6 is 11.3 Å². The van der Waals surface area contributed by atoms with E-state index in [9.17, 15) is 4.79 Å². The summed E-state index contributed by atoms with van der Waals surface area (Å²) in [6, 6.07) is 9.20. The zero-order chi connectivity index (χ0) is 19.5. The molecule has 1 aromatic carbocycles. The van der Waals surface area contributed by atoms with E-state index >= 15 is 0 Å². The van der Waals surface area contributed by atoms with E-state index in [1.165, 1.54) is 11.3 Å². The van der Waals surface area contributed by atoms with E-state index in [4.69, 9.17) is 14.2 Å². The lowest BCUT2D eigenvalue weighted by Gasteiger charge is -2.07. The number of hydrogen-bond donors (Lipinski definition) is 1. The lowest BCUT2D eigenvalue weighted by Crippen LogP contribution is -2.14. The van der Waals surface area contributed by atoms with Crippen molar-refractivity contribution in [2.24, 2.45) is 0 Å². The van der Waals surface area contributed by atoms with Gasteiger partial charge in [0.1, 0.15) is 18.2 Å². The van der Waals surface area contributed by atoms with Crippen LogP contribution in [-0.4, -0.2) is 22.5 Å². The number of aryl methyl sites for hydroxylation is 2. The fourth-order valence-corrected chi connectivity index (χ4v) is 3.70. The smallest absolute Gasteiger partial charge is 0.266 e. The van der Waals surface area contributed by atoms with Crippen LogP contribution in [0.25, 0.3) is 0 Å². The molecule has 0 bridgehead atoms. The highest BCUT2D eigenvalue weighted by atomic mass is 32.1. The number of ether oxygens (including phenoxy) is 3. The minimum Gasteiger partial charge on any atom is -0.489 e. The molecule has 3 heterocycles. The van der Waals surface area contributed by atoms with Gasteiger partial charge in [-0.3, -0.25) is 4.79 Å². The van der Waals surface area contributed by atoms with Crippen molar-refractivity contribution < 1.29 is 19.0 Å². The van der Waals surface area contributed by atoms with Crippen molar-refractivity contribution in [3.8, 4) is 17.2 Å². The van der Waals surface area contributed by atoms with E-state index in [0.29, 0.717) is 23.0 Å². The number of thiophene rings is 1. The normalized spacial score (nSPS) is 12.2. The molecule has 0 aliphatic carbocycles. The van der Waals surface area contributed by atoms with Crippen LogP contribution in [-0.2, 0) is 13.2 Å². The summed E-state index contributed by atoms with van der Waals surface area (Å²) in [7, 11) is 0. The van der Waals surface area contributed by atoms with Gasteiger partial charge < -0.3 is 19.5 Å². The molecule has 1 aliphatic heterocycles. The molecule has 0 radical (unpaired) electrons. The van der Waals surface area contributed by atoms with Crippen LogP contribution in [0.2, 0.25) is 0 Å². The summed E-state index contributed by atoms with van der Waals surface area (Å²) >= 11 is 1.39. The molecule has 3 aromatic rings.